The van der Waals surface area contributed by atoms with E-state index in [4.69, 9.17) is 4.74 Å². The highest BCUT2D eigenvalue weighted by Crippen LogP contribution is 2.38. The number of hydrogen-bond acceptors (Lipinski definition) is 4. The Hall–Kier alpha value is -4.06. The molecule has 0 atom stereocenters. The van der Waals surface area contributed by atoms with Gasteiger partial charge in [0.2, 0.25) is 0 Å². The maximum atomic E-state index is 14.0. The van der Waals surface area contributed by atoms with Crippen LogP contribution in [0.2, 0.25) is 0 Å². The summed E-state index contributed by atoms with van der Waals surface area (Å²) in [6.07, 6.45) is 0. The number of benzene rings is 3. The molecule has 4 aromatic rings. The second-order valence-corrected chi connectivity index (χ2v) is 8.71. The maximum absolute atomic E-state index is 14.0. The molecule has 0 fully saturated rings. The Morgan fingerprint density at radius 2 is 1.48 bits per heavy atom. The normalized spacial score (nSPS) is 11.4. The van der Waals surface area contributed by atoms with Gasteiger partial charge in [0.1, 0.15) is 17.1 Å². The fourth-order valence-corrected chi connectivity index (χ4v) is 3.42. The summed E-state index contributed by atoms with van der Waals surface area (Å²) in [7, 11) is 0. The minimum Gasteiger partial charge on any atom is -0.478 e. The second-order valence-electron chi connectivity index (χ2n) is 8.71. The number of carbonyl (C=O) groups is 2. The third kappa shape index (κ3) is 4.46. The molecule has 0 unspecified atom stereocenters. The summed E-state index contributed by atoms with van der Waals surface area (Å²) in [5.74, 6) is -2.77. The molecule has 5 nitrogen and oxygen atoms in total. The lowest BCUT2D eigenvalue weighted by molar-refractivity contribution is -0.142. The van der Waals surface area contributed by atoms with Crippen molar-refractivity contribution in [3.8, 4) is 28.1 Å². The first-order valence-corrected chi connectivity index (χ1v) is 10.4. The van der Waals surface area contributed by atoms with Crippen LogP contribution in [0.1, 0.15) is 31.1 Å². The molecule has 166 valence electrons. The Morgan fingerprint density at radius 3 is 2.09 bits per heavy atom. The third-order valence-corrected chi connectivity index (χ3v) is 5.19. The van der Waals surface area contributed by atoms with Gasteiger partial charge < -0.3 is 9.84 Å². The molecule has 0 radical (unpaired) electrons. The second kappa shape index (κ2) is 8.47. The van der Waals surface area contributed by atoms with Gasteiger partial charge >= 0.3 is 11.9 Å². The number of hydrogen-bond donors (Lipinski definition) is 1. The van der Waals surface area contributed by atoms with Gasteiger partial charge in [0.05, 0.1) is 10.9 Å². The molecule has 0 aliphatic rings. The Morgan fingerprint density at radius 1 is 0.879 bits per heavy atom. The Labute approximate surface area is 190 Å². The monoisotopic (exact) mass is 443 g/mol. The minimum absolute atomic E-state index is 0.0591. The van der Waals surface area contributed by atoms with Crippen LogP contribution in [-0.4, -0.2) is 22.0 Å². The molecule has 6 heteroatoms. The van der Waals surface area contributed by atoms with E-state index in [2.05, 4.69) is 4.98 Å². The van der Waals surface area contributed by atoms with Crippen molar-refractivity contribution >= 4 is 22.8 Å². The molecule has 3 aromatic carbocycles. The van der Waals surface area contributed by atoms with Crippen LogP contribution < -0.4 is 4.74 Å². The van der Waals surface area contributed by atoms with Crippen molar-refractivity contribution in [1.82, 2.24) is 4.98 Å². The quantitative estimate of drug-likeness (QED) is 0.372. The summed E-state index contributed by atoms with van der Waals surface area (Å²) in [5.41, 5.74) is 1.85. The van der Waals surface area contributed by atoms with Crippen LogP contribution in [0.25, 0.3) is 33.3 Å². The molecule has 0 saturated heterocycles. The van der Waals surface area contributed by atoms with Crippen LogP contribution in [-0.2, 0) is 4.79 Å². The van der Waals surface area contributed by atoms with Crippen LogP contribution in [0.5, 0.6) is 5.75 Å². The van der Waals surface area contributed by atoms with Crippen molar-refractivity contribution < 1.29 is 23.8 Å². The molecule has 1 aromatic heterocycles. The zero-order valence-electron chi connectivity index (χ0n) is 18.4. The molecular formula is C27H22FNO4. The molecule has 4 rings (SSSR count). The molecule has 0 spiro atoms. The fraction of sp³-hybridized carbons (Fsp3) is 0.148. The van der Waals surface area contributed by atoms with E-state index in [1.54, 1.807) is 32.9 Å². The van der Waals surface area contributed by atoms with Gasteiger partial charge in [0, 0.05) is 10.9 Å². The van der Waals surface area contributed by atoms with Crippen molar-refractivity contribution in [2.24, 2.45) is 5.41 Å². The first-order valence-electron chi connectivity index (χ1n) is 10.4. The van der Waals surface area contributed by atoms with Gasteiger partial charge in [-0.2, -0.15) is 0 Å². The van der Waals surface area contributed by atoms with Crippen LogP contribution in [0.3, 0.4) is 0 Å². The van der Waals surface area contributed by atoms with E-state index in [1.165, 1.54) is 12.1 Å². The van der Waals surface area contributed by atoms with E-state index >= 15 is 0 Å². The smallest absolute Gasteiger partial charge is 0.340 e. The van der Waals surface area contributed by atoms with Crippen molar-refractivity contribution in [3.63, 3.8) is 0 Å². The van der Waals surface area contributed by atoms with Gasteiger partial charge in [-0.3, -0.25) is 4.79 Å². The largest absolute Gasteiger partial charge is 0.478 e. The Bertz CT molecular complexity index is 1360. The SMILES string of the molecule is CC(C)(C)C(=O)Oc1c(-c2ccc(-c3ccccc3)cc2)nc2ccc(F)cc2c1C(=O)O. The number of aromatic carboxylic acids is 1. The number of nitrogens with zero attached hydrogens (tertiary/aromatic N) is 1. The van der Waals surface area contributed by atoms with Crippen molar-refractivity contribution in [2.45, 2.75) is 20.8 Å². The van der Waals surface area contributed by atoms with Gasteiger partial charge in [-0.15, -0.1) is 0 Å². The highest BCUT2D eigenvalue weighted by Gasteiger charge is 2.30. The average Bonchev–Trinajstić information content (AvgIpc) is 2.78. The maximum Gasteiger partial charge on any atom is 0.340 e. The number of carboxylic acids is 1. The zero-order valence-corrected chi connectivity index (χ0v) is 18.4. The summed E-state index contributed by atoms with van der Waals surface area (Å²) in [6, 6.07) is 20.8. The van der Waals surface area contributed by atoms with E-state index in [1.807, 2.05) is 42.5 Å². The van der Waals surface area contributed by atoms with Gasteiger partial charge in [-0.05, 0) is 50.1 Å². The Balaban J connectivity index is 1.94. The van der Waals surface area contributed by atoms with E-state index in [0.29, 0.717) is 5.56 Å². The number of ether oxygens (including phenoxy) is 1. The molecule has 1 heterocycles. The number of carbonyl (C=O) groups excluding carboxylic acids is 1. The van der Waals surface area contributed by atoms with E-state index in [9.17, 15) is 19.1 Å². The number of halogens is 1. The average molecular weight is 443 g/mol. The number of rotatable bonds is 4. The highest BCUT2D eigenvalue weighted by molar-refractivity contribution is 6.08. The lowest BCUT2D eigenvalue weighted by Crippen LogP contribution is -2.26. The molecule has 0 bridgehead atoms. The van der Waals surface area contributed by atoms with E-state index in [0.717, 1.165) is 17.2 Å². The Kier molecular flexibility index (Phi) is 5.68. The number of aromatic nitrogens is 1. The summed E-state index contributed by atoms with van der Waals surface area (Å²) < 4.78 is 19.6. The van der Waals surface area contributed by atoms with E-state index < -0.39 is 23.2 Å². The zero-order chi connectivity index (χ0) is 23.8. The lowest BCUT2D eigenvalue weighted by Gasteiger charge is -2.20. The fourth-order valence-electron chi connectivity index (χ4n) is 3.42. The van der Waals surface area contributed by atoms with Crippen molar-refractivity contribution in [1.29, 1.82) is 0 Å². The summed E-state index contributed by atoms with van der Waals surface area (Å²) in [5, 5.41) is 10.1. The van der Waals surface area contributed by atoms with Gasteiger partial charge in [-0.1, -0.05) is 54.6 Å². The van der Waals surface area contributed by atoms with Crippen molar-refractivity contribution in [2.75, 3.05) is 0 Å². The number of pyridine rings is 1. The van der Waals surface area contributed by atoms with E-state index in [-0.39, 0.29) is 27.9 Å². The highest BCUT2D eigenvalue weighted by atomic mass is 19.1. The lowest BCUT2D eigenvalue weighted by atomic mass is 9.96. The third-order valence-electron chi connectivity index (χ3n) is 5.19. The summed E-state index contributed by atoms with van der Waals surface area (Å²) in [6.45, 7) is 4.99. The van der Waals surface area contributed by atoms with Gasteiger partial charge in [0.15, 0.2) is 5.75 Å². The first kappa shape index (κ1) is 22.1. The number of carboxylic acid groups (broad SMARTS) is 1. The molecule has 0 amide bonds. The predicted molar refractivity (Wildman–Crippen MR) is 125 cm³/mol. The summed E-state index contributed by atoms with van der Waals surface area (Å²) in [4.78, 5) is 29.5. The van der Waals surface area contributed by atoms with Crippen molar-refractivity contribution in [3.05, 3.63) is 84.2 Å². The van der Waals surface area contributed by atoms with Crippen LogP contribution in [0, 0.1) is 11.2 Å². The van der Waals surface area contributed by atoms with Crippen LogP contribution >= 0.6 is 0 Å². The summed E-state index contributed by atoms with van der Waals surface area (Å²) >= 11 is 0. The number of fused-ring (bicyclic) bond motifs is 1. The molecule has 0 aliphatic carbocycles. The predicted octanol–water partition coefficient (Wildman–Crippen LogP) is 6.36. The first-order chi connectivity index (χ1) is 15.6. The van der Waals surface area contributed by atoms with Crippen LogP contribution in [0.4, 0.5) is 4.39 Å². The molecular weight excluding hydrogens is 421 g/mol. The van der Waals surface area contributed by atoms with Crippen LogP contribution in [0.15, 0.2) is 72.8 Å². The van der Waals surface area contributed by atoms with Gasteiger partial charge in [-0.25, -0.2) is 14.2 Å². The number of esters is 1. The topological polar surface area (TPSA) is 76.5 Å². The van der Waals surface area contributed by atoms with Gasteiger partial charge in [0.25, 0.3) is 0 Å². The minimum atomic E-state index is -1.34. The molecule has 0 saturated carbocycles. The molecule has 33 heavy (non-hydrogen) atoms. The molecule has 0 aliphatic heterocycles. The molecule has 1 N–H and O–H groups in total. The standard InChI is InChI=1S/C27H22FNO4/c1-27(2,3)26(32)33-24-22(25(30)31)20-15-19(28)13-14-21(20)29-23(24)18-11-9-17(10-12-18)16-7-5-4-6-8-16/h4-15H,1-3H3,(H,30,31).